The number of nitrogens with zero attached hydrogens (tertiary/aromatic N) is 6. The third-order valence-electron chi connectivity index (χ3n) is 8.42. The van der Waals surface area contributed by atoms with E-state index in [1.807, 2.05) is 30.3 Å². The summed E-state index contributed by atoms with van der Waals surface area (Å²) in [6.45, 7) is 5.41. The molecular formula is C32H33ClN6O2. The number of ether oxygens (including phenoxy) is 1. The number of anilines is 1. The molecule has 1 fully saturated rings. The van der Waals surface area contributed by atoms with Gasteiger partial charge in [-0.2, -0.15) is 5.26 Å². The summed E-state index contributed by atoms with van der Waals surface area (Å²) in [5.74, 6) is 1.52. The molecule has 0 spiro atoms. The van der Waals surface area contributed by atoms with Gasteiger partial charge in [-0.1, -0.05) is 66.3 Å². The quantitative estimate of drug-likeness (QED) is 0.444. The molecule has 0 bridgehead atoms. The largest absolute Gasteiger partial charge is 0.445 e. The maximum Gasteiger partial charge on any atom is 0.410 e. The summed E-state index contributed by atoms with van der Waals surface area (Å²) < 4.78 is 5.60. The number of nitriles is 1. The molecule has 2 aliphatic heterocycles. The lowest BCUT2D eigenvalue weighted by molar-refractivity contribution is 0.0768. The minimum Gasteiger partial charge on any atom is -0.445 e. The van der Waals surface area contributed by atoms with Crippen molar-refractivity contribution >= 4 is 23.5 Å². The van der Waals surface area contributed by atoms with Gasteiger partial charge in [0.2, 0.25) is 5.28 Å². The molecule has 8 nitrogen and oxygen atoms in total. The number of carbonyl (C=O) groups excluding carboxylic acids is 1. The highest BCUT2D eigenvalue weighted by molar-refractivity contribution is 6.28. The molecule has 0 saturated carbocycles. The Morgan fingerprint density at radius 1 is 1.10 bits per heavy atom. The molecule has 2 aromatic rings. The van der Waals surface area contributed by atoms with Gasteiger partial charge in [0.05, 0.1) is 30.8 Å². The lowest BCUT2D eigenvalue weighted by Gasteiger charge is -2.43. The highest BCUT2D eigenvalue weighted by Gasteiger charge is 2.36. The van der Waals surface area contributed by atoms with E-state index in [2.05, 4.69) is 69.2 Å². The van der Waals surface area contributed by atoms with Crippen LogP contribution in [0.1, 0.15) is 30.2 Å². The van der Waals surface area contributed by atoms with E-state index in [0.717, 1.165) is 35.6 Å². The molecule has 0 N–H and O–H groups in total. The van der Waals surface area contributed by atoms with E-state index in [1.54, 1.807) is 4.90 Å². The van der Waals surface area contributed by atoms with Crippen LogP contribution in [0.4, 0.5) is 10.6 Å². The van der Waals surface area contributed by atoms with Crippen LogP contribution >= 0.6 is 11.6 Å². The van der Waals surface area contributed by atoms with Crippen LogP contribution < -0.4 is 4.90 Å². The fourth-order valence-corrected chi connectivity index (χ4v) is 6.56. The predicted octanol–water partition coefficient (Wildman–Crippen LogP) is 5.43. The molecule has 1 amide bonds. The van der Waals surface area contributed by atoms with Gasteiger partial charge in [0.1, 0.15) is 12.4 Å². The summed E-state index contributed by atoms with van der Waals surface area (Å²) in [5, 5.41) is 9.77. The van der Waals surface area contributed by atoms with Crippen LogP contribution in [0.5, 0.6) is 0 Å². The summed E-state index contributed by atoms with van der Waals surface area (Å²) in [5.41, 5.74) is 5.64. The molecule has 0 radical (unpaired) electrons. The van der Waals surface area contributed by atoms with Crippen molar-refractivity contribution in [2.45, 2.75) is 39.0 Å². The number of piperazine rings is 1. The van der Waals surface area contributed by atoms with Gasteiger partial charge in [0.15, 0.2) is 0 Å². The zero-order valence-corrected chi connectivity index (χ0v) is 23.9. The zero-order valence-electron chi connectivity index (χ0n) is 23.1. The van der Waals surface area contributed by atoms with E-state index in [-0.39, 0.29) is 24.4 Å². The van der Waals surface area contributed by atoms with E-state index < -0.39 is 6.09 Å². The number of hydrogen-bond donors (Lipinski definition) is 0. The molecule has 41 heavy (non-hydrogen) atoms. The molecular weight excluding hydrogens is 536 g/mol. The van der Waals surface area contributed by atoms with Crippen molar-refractivity contribution in [3.63, 3.8) is 0 Å². The molecule has 1 saturated heterocycles. The fraction of sp³-hybridized carbons (Fsp3) is 0.375. The zero-order chi connectivity index (χ0) is 28.3. The predicted molar refractivity (Wildman–Crippen MR) is 158 cm³/mol. The molecule has 2 unspecified atom stereocenters. The highest BCUT2D eigenvalue weighted by Crippen LogP contribution is 2.40. The Kier molecular flexibility index (Phi) is 7.80. The Morgan fingerprint density at radius 3 is 2.71 bits per heavy atom. The van der Waals surface area contributed by atoms with Crippen molar-refractivity contribution in [1.29, 1.82) is 5.26 Å². The van der Waals surface area contributed by atoms with Gasteiger partial charge >= 0.3 is 6.09 Å². The average molecular weight is 569 g/mol. The summed E-state index contributed by atoms with van der Waals surface area (Å²) in [6.07, 6.45) is 13.9. The third kappa shape index (κ3) is 5.59. The Balaban J connectivity index is 1.18. The lowest BCUT2D eigenvalue weighted by Crippen LogP contribution is -2.55. The number of benzene rings is 1. The van der Waals surface area contributed by atoms with Gasteiger partial charge in [-0.3, -0.25) is 0 Å². The second kappa shape index (κ2) is 11.8. The first-order valence-electron chi connectivity index (χ1n) is 14.1. The fourth-order valence-electron chi connectivity index (χ4n) is 6.38. The standard InChI is InChI=1S/C32H33ClN6O2/c1-22-7-5-10-24-11-6-12-28(29(22)24)37-16-14-26-27(20-37)35-31(33)36-30(26)38-17-18-39(25(19-38)13-15-34)32(40)41-21-23-8-3-2-4-9-23/h2-12,24-25,29H,13-14,16-21H2,1H3/t24?,25-,29?/m0/s1. The highest BCUT2D eigenvalue weighted by atomic mass is 35.5. The summed E-state index contributed by atoms with van der Waals surface area (Å²) in [6, 6.07) is 11.5. The van der Waals surface area contributed by atoms with Gasteiger partial charge in [-0.05, 0) is 36.6 Å². The number of fused-ring (bicyclic) bond motifs is 2. The van der Waals surface area contributed by atoms with E-state index in [4.69, 9.17) is 16.3 Å². The van der Waals surface area contributed by atoms with E-state index in [1.165, 1.54) is 11.3 Å². The van der Waals surface area contributed by atoms with Gasteiger partial charge in [0.25, 0.3) is 0 Å². The number of hydrogen-bond acceptors (Lipinski definition) is 7. The second-order valence-corrected chi connectivity index (χ2v) is 11.3. The second-order valence-electron chi connectivity index (χ2n) is 10.9. The van der Waals surface area contributed by atoms with Crippen molar-refractivity contribution in [2.24, 2.45) is 11.8 Å². The monoisotopic (exact) mass is 568 g/mol. The summed E-state index contributed by atoms with van der Waals surface area (Å²) in [7, 11) is 0. The molecule has 3 atom stereocenters. The normalized spacial score (nSPS) is 23.2. The van der Waals surface area contributed by atoms with Crippen LogP contribution in [-0.4, -0.2) is 58.1 Å². The van der Waals surface area contributed by atoms with Crippen molar-refractivity contribution in [3.05, 3.63) is 100 Å². The first-order valence-corrected chi connectivity index (χ1v) is 14.5. The average Bonchev–Trinajstić information content (AvgIpc) is 2.99. The Bertz CT molecular complexity index is 1480. The van der Waals surface area contributed by atoms with Crippen LogP contribution in [0.2, 0.25) is 5.28 Å². The van der Waals surface area contributed by atoms with Crippen LogP contribution in [0.3, 0.4) is 0 Å². The van der Waals surface area contributed by atoms with Crippen molar-refractivity contribution in [1.82, 2.24) is 19.8 Å². The van der Waals surface area contributed by atoms with E-state index in [0.29, 0.717) is 38.0 Å². The van der Waals surface area contributed by atoms with Crippen LogP contribution in [0.15, 0.2) is 78.1 Å². The van der Waals surface area contributed by atoms with Crippen molar-refractivity contribution in [2.75, 3.05) is 31.1 Å². The molecule has 1 aromatic carbocycles. The smallest absolute Gasteiger partial charge is 0.410 e. The van der Waals surface area contributed by atoms with Gasteiger partial charge in [0, 0.05) is 49.3 Å². The SMILES string of the molecule is CC1=CC=CC2C=CC=C(N3CCc4c(nc(Cl)nc4N4CCN(C(=O)OCc5ccccc5)[C@@H](CC#N)C4)C3)C12. The maximum atomic E-state index is 13.0. The third-order valence-corrected chi connectivity index (χ3v) is 8.59. The van der Waals surface area contributed by atoms with Crippen LogP contribution in [0.25, 0.3) is 0 Å². The molecule has 2 aliphatic carbocycles. The number of halogens is 1. The van der Waals surface area contributed by atoms with Gasteiger partial charge in [-0.25, -0.2) is 14.8 Å². The number of aromatic nitrogens is 2. The minimum atomic E-state index is -0.401. The van der Waals surface area contributed by atoms with Crippen LogP contribution in [0, 0.1) is 23.2 Å². The summed E-state index contributed by atoms with van der Waals surface area (Å²) in [4.78, 5) is 28.6. The number of rotatable bonds is 5. The molecule has 4 aliphatic rings. The van der Waals surface area contributed by atoms with E-state index in [9.17, 15) is 10.1 Å². The van der Waals surface area contributed by atoms with E-state index >= 15 is 0 Å². The molecule has 1 aromatic heterocycles. The number of allylic oxidation sites excluding steroid dienone is 7. The number of carbonyl (C=O) groups is 1. The molecule has 210 valence electrons. The Morgan fingerprint density at radius 2 is 1.90 bits per heavy atom. The number of amides is 1. The summed E-state index contributed by atoms with van der Waals surface area (Å²) >= 11 is 6.50. The van der Waals surface area contributed by atoms with Crippen molar-refractivity contribution in [3.8, 4) is 6.07 Å². The molecule has 9 heteroatoms. The van der Waals surface area contributed by atoms with Gasteiger partial charge < -0.3 is 19.4 Å². The Labute approximate surface area is 245 Å². The first kappa shape index (κ1) is 27.1. The lowest BCUT2D eigenvalue weighted by atomic mass is 9.77. The topological polar surface area (TPSA) is 85.6 Å². The van der Waals surface area contributed by atoms with Gasteiger partial charge in [-0.15, -0.1) is 0 Å². The molecule has 3 heterocycles. The van der Waals surface area contributed by atoms with Crippen LogP contribution in [-0.2, 0) is 24.3 Å². The molecule has 6 rings (SSSR count). The minimum absolute atomic E-state index is 0.199. The maximum absolute atomic E-state index is 13.0. The van der Waals surface area contributed by atoms with Crippen molar-refractivity contribution < 1.29 is 9.53 Å². The Hall–Kier alpha value is -4.09. The first-order chi connectivity index (χ1) is 20.0.